The van der Waals surface area contributed by atoms with Gasteiger partial charge in [0.15, 0.2) is 11.6 Å². The molecule has 20 heavy (non-hydrogen) atoms. The highest BCUT2D eigenvalue weighted by Crippen LogP contribution is 2.21. The summed E-state index contributed by atoms with van der Waals surface area (Å²) in [6, 6.07) is 12.2. The van der Waals surface area contributed by atoms with Crippen LogP contribution in [0.15, 0.2) is 46.9 Å². The van der Waals surface area contributed by atoms with Gasteiger partial charge in [-0.05, 0) is 35.9 Å². The van der Waals surface area contributed by atoms with Crippen LogP contribution in [0.25, 0.3) is 0 Å². The Labute approximate surface area is 125 Å². The van der Waals surface area contributed by atoms with Gasteiger partial charge in [0.1, 0.15) is 19.0 Å². The fraction of sp³-hybridized carbons (Fsp3) is 0.200. The molecule has 5 heteroatoms. The molecular weight excluding hydrogens is 325 g/mol. The van der Waals surface area contributed by atoms with Gasteiger partial charge in [0.2, 0.25) is 0 Å². The molecule has 0 atom stereocenters. The number of halogens is 2. The van der Waals surface area contributed by atoms with Gasteiger partial charge in [-0.3, -0.25) is 0 Å². The van der Waals surface area contributed by atoms with E-state index >= 15 is 0 Å². The summed E-state index contributed by atoms with van der Waals surface area (Å²) in [4.78, 5) is 0. The largest absolute Gasteiger partial charge is 0.490 e. The van der Waals surface area contributed by atoms with E-state index in [1.807, 2.05) is 24.3 Å². The van der Waals surface area contributed by atoms with E-state index < -0.39 is 5.82 Å². The zero-order valence-corrected chi connectivity index (χ0v) is 12.4. The third kappa shape index (κ3) is 4.21. The zero-order chi connectivity index (χ0) is 14.4. The molecular formula is C15H15BrFNO2. The number of hydrogen-bond donors (Lipinski definition) is 1. The molecule has 0 saturated carbocycles. The van der Waals surface area contributed by atoms with Gasteiger partial charge in [0.05, 0.1) is 0 Å². The first-order valence-corrected chi connectivity index (χ1v) is 6.98. The van der Waals surface area contributed by atoms with Crippen molar-refractivity contribution in [2.24, 2.45) is 5.73 Å². The van der Waals surface area contributed by atoms with Crippen LogP contribution in [0.5, 0.6) is 11.5 Å². The van der Waals surface area contributed by atoms with Gasteiger partial charge < -0.3 is 15.2 Å². The predicted octanol–water partition coefficient (Wildman–Crippen LogP) is 3.50. The van der Waals surface area contributed by atoms with Crippen molar-refractivity contribution in [3.63, 3.8) is 0 Å². The van der Waals surface area contributed by atoms with Gasteiger partial charge in [-0.1, -0.05) is 28.1 Å². The van der Waals surface area contributed by atoms with Crippen LogP contribution in [-0.2, 0) is 6.54 Å². The SMILES string of the molecule is NCc1cccc(OCCOc2ccc(Br)cc2F)c1. The number of nitrogens with two attached hydrogens (primary N) is 1. The summed E-state index contributed by atoms with van der Waals surface area (Å²) >= 11 is 3.19. The topological polar surface area (TPSA) is 44.5 Å². The second kappa shape index (κ2) is 7.26. The molecule has 2 aromatic rings. The first kappa shape index (κ1) is 14.8. The van der Waals surface area contributed by atoms with Crippen molar-refractivity contribution < 1.29 is 13.9 Å². The third-order valence-electron chi connectivity index (χ3n) is 2.64. The van der Waals surface area contributed by atoms with Crippen LogP contribution in [0.4, 0.5) is 4.39 Å². The maximum absolute atomic E-state index is 13.5. The second-order valence-electron chi connectivity index (χ2n) is 4.12. The van der Waals surface area contributed by atoms with Crippen LogP contribution < -0.4 is 15.2 Å². The molecule has 106 valence electrons. The predicted molar refractivity (Wildman–Crippen MR) is 79.4 cm³/mol. The van der Waals surface area contributed by atoms with E-state index in [1.165, 1.54) is 6.07 Å². The lowest BCUT2D eigenvalue weighted by atomic mass is 10.2. The summed E-state index contributed by atoms with van der Waals surface area (Å²) in [7, 11) is 0. The van der Waals surface area contributed by atoms with Gasteiger partial charge in [-0.15, -0.1) is 0 Å². The number of benzene rings is 2. The molecule has 0 fully saturated rings. The van der Waals surface area contributed by atoms with Gasteiger partial charge in [0, 0.05) is 11.0 Å². The minimum Gasteiger partial charge on any atom is -0.490 e. The minimum absolute atomic E-state index is 0.215. The van der Waals surface area contributed by atoms with Crippen LogP contribution in [-0.4, -0.2) is 13.2 Å². The molecule has 2 N–H and O–H groups in total. The van der Waals surface area contributed by atoms with E-state index in [2.05, 4.69) is 15.9 Å². The Morgan fingerprint density at radius 3 is 2.60 bits per heavy atom. The molecule has 2 rings (SSSR count). The first-order valence-electron chi connectivity index (χ1n) is 6.18. The Morgan fingerprint density at radius 2 is 1.85 bits per heavy atom. The lowest BCUT2D eigenvalue weighted by molar-refractivity contribution is 0.211. The first-order chi connectivity index (χ1) is 9.69. The van der Waals surface area contributed by atoms with E-state index in [0.29, 0.717) is 17.6 Å². The fourth-order valence-electron chi connectivity index (χ4n) is 1.67. The van der Waals surface area contributed by atoms with E-state index in [0.717, 1.165) is 11.3 Å². The van der Waals surface area contributed by atoms with Gasteiger partial charge in [-0.2, -0.15) is 0 Å². The molecule has 0 radical (unpaired) electrons. The van der Waals surface area contributed by atoms with Crippen LogP contribution in [0.2, 0.25) is 0 Å². The van der Waals surface area contributed by atoms with Crippen LogP contribution in [0.3, 0.4) is 0 Å². The molecule has 2 aromatic carbocycles. The molecule has 0 saturated heterocycles. The summed E-state index contributed by atoms with van der Waals surface area (Å²) in [5, 5.41) is 0. The second-order valence-corrected chi connectivity index (χ2v) is 5.04. The average Bonchev–Trinajstić information content (AvgIpc) is 2.45. The standard InChI is InChI=1S/C15H15BrFNO2/c16-12-4-5-15(14(17)9-12)20-7-6-19-13-3-1-2-11(8-13)10-18/h1-5,8-9H,6-7,10,18H2. The Hall–Kier alpha value is -1.59. The van der Waals surface area contributed by atoms with Crippen molar-refractivity contribution in [3.05, 3.63) is 58.3 Å². The van der Waals surface area contributed by atoms with Gasteiger partial charge in [0.25, 0.3) is 0 Å². The molecule has 0 aliphatic rings. The molecule has 0 unspecified atom stereocenters. The Morgan fingerprint density at radius 1 is 1.05 bits per heavy atom. The fourth-order valence-corrected chi connectivity index (χ4v) is 2.00. The highest BCUT2D eigenvalue weighted by Gasteiger charge is 2.03. The molecule has 0 bridgehead atoms. The number of rotatable bonds is 6. The van der Waals surface area contributed by atoms with E-state index in [9.17, 15) is 4.39 Å². The minimum atomic E-state index is -0.399. The molecule has 0 aliphatic carbocycles. The smallest absolute Gasteiger partial charge is 0.166 e. The van der Waals surface area contributed by atoms with Crippen LogP contribution >= 0.6 is 15.9 Å². The molecule has 0 aromatic heterocycles. The van der Waals surface area contributed by atoms with Crippen molar-refractivity contribution in [1.82, 2.24) is 0 Å². The quantitative estimate of drug-likeness (QED) is 0.819. The normalized spacial score (nSPS) is 10.3. The summed E-state index contributed by atoms with van der Waals surface area (Å²) in [5.74, 6) is 0.546. The zero-order valence-electron chi connectivity index (χ0n) is 10.8. The number of hydrogen-bond acceptors (Lipinski definition) is 3. The maximum Gasteiger partial charge on any atom is 0.166 e. The van der Waals surface area contributed by atoms with Gasteiger partial charge in [-0.25, -0.2) is 4.39 Å². The van der Waals surface area contributed by atoms with E-state index in [1.54, 1.807) is 12.1 Å². The number of ether oxygens (including phenoxy) is 2. The summed E-state index contributed by atoms with van der Waals surface area (Å²) in [5.41, 5.74) is 6.55. The molecule has 0 spiro atoms. The Balaban J connectivity index is 1.81. The van der Waals surface area contributed by atoms with Crippen molar-refractivity contribution in [1.29, 1.82) is 0 Å². The van der Waals surface area contributed by atoms with Crippen molar-refractivity contribution in [2.45, 2.75) is 6.54 Å². The van der Waals surface area contributed by atoms with Crippen molar-refractivity contribution in [2.75, 3.05) is 13.2 Å². The highest BCUT2D eigenvalue weighted by atomic mass is 79.9. The summed E-state index contributed by atoms with van der Waals surface area (Å²) in [6.07, 6.45) is 0. The lowest BCUT2D eigenvalue weighted by Crippen LogP contribution is -2.10. The van der Waals surface area contributed by atoms with Crippen LogP contribution in [0, 0.1) is 5.82 Å². The van der Waals surface area contributed by atoms with E-state index in [4.69, 9.17) is 15.2 Å². The maximum atomic E-state index is 13.5. The van der Waals surface area contributed by atoms with Crippen LogP contribution in [0.1, 0.15) is 5.56 Å². The monoisotopic (exact) mass is 339 g/mol. The molecule has 0 aliphatic heterocycles. The summed E-state index contributed by atoms with van der Waals surface area (Å²) in [6.45, 7) is 1.08. The molecule has 0 amide bonds. The molecule has 0 heterocycles. The van der Waals surface area contributed by atoms with E-state index in [-0.39, 0.29) is 12.4 Å². The van der Waals surface area contributed by atoms with Crippen molar-refractivity contribution in [3.8, 4) is 11.5 Å². The van der Waals surface area contributed by atoms with Gasteiger partial charge >= 0.3 is 0 Å². The highest BCUT2D eigenvalue weighted by molar-refractivity contribution is 9.10. The lowest BCUT2D eigenvalue weighted by Gasteiger charge is -2.09. The molecule has 3 nitrogen and oxygen atoms in total. The summed E-state index contributed by atoms with van der Waals surface area (Å²) < 4.78 is 25.0. The third-order valence-corrected chi connectivity index (χ3v) is 3.13. The Bertz CT molecular complexity index is 578. The average molecular weight is 340 g/mol. The van der Waals surface area contributed by atoms with Crippen molar-refractivity contribution >= 4 is 15.9 Å². The Kier molecular flexibility index (Phi) is 5.38.